The molecule has 0 saturated carbocycles. The van der Waals surface area contributed by atoms with Gasteiger partial charge in [-0.2, -0.15) is 0 Å². The van der Waals surface area contributed by atoms with Gasteiger partial charge < -0.3 is 4.74 Å². The summed E-state index contributed by atoms with van der Waals surface area (Å²) in [4.78, 5) is 16.8. The number of hydrogen-bond donors (Lipinski definition) is 2. The van der Waals surface area contributed by atoms with Crippen molar-refractivity contribution in [3.8, 4) is 16.9 Å². The summed E-state index contributed by atoms with van der Waals surface area (Å²) in [6.45, 7) is 1.41. The van der Waals surface area contributed by atoms with Gasteiger partial charge in [-0.05, 0) is 6.07 Å². The molecule has 0 bridgehead atoms. The van der Waals surface area contributed by atoms with Crippen molar-refractivity contribution in [1.82, 2.24) is 15.1 Å². The van der Waals surface area contributed by atoms with E-state index in [2.05, 4.69) is 33.5 Å². The van der Waals surface area contributed by atoms with Crippen LogP contribution in [0.3, 0.4) is 0 Å². The molecule has 31 heavy (non-hydrogen) atoms. The summed E-state index contributed by atoms with van der Waals surface area (Å²) in [6.07, 6.45) is 4.78. The molecule has 2 aromatic carbocycles. The average Bonchev–Trinajstić information content (AvgIpc) is 3.32. The predicted molar refractivity (Wildman–Crippen MR) is 129 cm³/mol. The Labute approximate surface area is 192 Å². The van der Waals surface area contributed by atoms with E-state index < -0.39 is 0 Å². The van der Waals surface area contributed by atoms with E-state index in [1.165, 1.54) is 5.21 Å². The van der Waals surface area contributed by atoms with Crippen LogP contribution < -0.4 is 15.0 Å². The van der Waals surface area contributed by atoms with E-state index in [9.17, 15) is 4.79 Å². The van der Waals surface area contributed by atoms with E-state index in [4.69, 9.17) is 4.74 Å². The van der Waals surface area contributed by atoms with Crippen LogP contribution in [0.2, 0.25) is 5.21 Å². The van der Waals surface area contributed by atoms with Gasteiger partial charge in [0.25, 0.3) is 0 Å². The van der Waals surface area contributed by atoms with Gasteiger partial charge in [-0.1, -0.05) is 6.07 Å². The average molecular weight is 483 g/mol. The Balaban J connectivity index is 1.78. The summed E-state index contributed by atoms with van der Waals surface area (Å²) in [5, 5.41) is 11.2. The molecule has 1 heterocycles. The second kappa shape index (κ2) is 10.9. The molecule has 0 aliphatic rings. The standard InChI is InChI=1S/C23H30AsN5O2/c1-28(11-5-10-24)22-13-18(19-14-25-26-15-19)8-9-21(22)27-23(30)29(2)16-17-6-4-7-20(12-17)31-3/h4,6-9,12-15H,5,10-11,16,24H2,1-3H3,(H,25,26)(H,27,30). The number of H-pyrrole nitrogens is 1. The van der Waals surface area contributed by atoms with Crippen molar-refractivity contribution in [2.75, 3.05) is 38.0 Å². The van der Waals surface area contributed by atoms with Gasteiger partial charge in [-0.3, -0.25) is 0 Å². The Morgan fingerprint density at radius 1 is 1.19 bits per heavy atom. The van der Waals surface area contributed by atoms with Crippen LogP contribution in [0, 0.1) is 0 Å². The van der Waals surface area contributed by atoms with Crippen LogP contribution in [0.15, 0.2) is 54.9 Å². The van der Waals surface area contributed by atoms with Gasteiger partial charge in [0.2, 0.25) is 0 Å². The van der Waals surface area contributed by atoms with Crippen molar-refractivity contribution >= 4 is 34.3 Å². The molecule has 1 atom stereocenters. The fourth-order valence-electron chi connectivity index (χ4n) is 3.32. The van der Waals surface area contributed by atoms with Crippen LogP contribution >= 0.6 is 0 Å². The third-order valence-corrected chi connectivity index (χ3v) is 5.94. The molecule has 2 amide bonds. The minimum absolute atomic E-state index is 0.160. The third-order valence-electron chi connectivity index (χ3n) is 5.08. The molecular weight excluding hydrogens is 453 g/mol. The van der Waals surface area contributed by atoms with Gasteiger partial charge in [0.1, 0.15) is 5.75 Å². The first-order valence-corrected chi connectivity index (χ1v) is 11.9. The van der Waals surface area contributed by atoms with Crippen LogP contribution in [-0.2, 0) is 6.54 Å². The molecule has 3 aromatic rings. The molecule has 1 unspecified atom stereocenters. The number of benzene rings is 2. The second-order valence-electron chi connectivity index (χ2n) is 7.42. The normalized spacial score (nSPS) is 10.6. The molecule has 0 aliphatic heterocycles. The Morgan fingerprint density at radius 3 is 2.74 bits per heavy atom. The van der Waals surface area contributed by atoms with E-state index in [1.54, 1.807) is 42.1 Å². The molecule has 0 aliphatic carbocycles. The summed E-state index contributed by atoms with van der Waals surface area (Å²) < 4.78 is 5.28. The van der Waals surface area contributed by atoms with Crippen LogP contribution in [0.25, 0.3) is 11.1 Å². The number of carbonyl (C=O) groups is 1. The molecule has 2 N–H and O–H groups in total. The number of aromatic amines is 1. The van der Waals surface area contributed by atoms with E-state index in [0.29, 0.717) is 6.54 Å². The summed E-state index contributed by atoms with van der Waals surface area (Å²) >= 11 is 1.73. The molecule has 1 aromatic heterocycles. The molecule has 3 rings (SSSR count). The summed E-state index contributed by atoms with van der Waals surface area (Å²) in [5.41, 5.74) is 4.86. The van der Waals surface area contributed by atoms with Crippen molar-refractivity contribution in [3.05, 3.63) is 60.4 Å². The van der Waals surface area contributed by atoms with E-state index in [1.807, 2.05) is 42.6 Å². The van der Waals surface area contributed by atoms with Crippen LogP contribution in [0.4, 0.5) is 16.2 Å². The number of nitrogens with one attached hydrogen (secondary N) is 2. The molecule has 0 saturated heterocycles. The number of ether oxygens (including phenoxy) is 1. The second-order valence-corrected chi connectivity index (χ2v) is 8.63. The number of urea groups is 1. The molecule has 0 fully saturated rings. The first kappa shape index (κ1) is 22.8. The van der Waals surface area contributed by atoms with Gasteiger partial charge in [-0.15, -0.1) is 0 Å². The summed E-state index contributed by atoms with van der Waals surface area (Å²) in [6, 6.07) is 13.6. The van der Waals surface area contributed by atoms with Crippen LogP contribution in [0.1, 0.15) is 12.0 Å². The number of aromatic nitrogens is 2. The van der Waals surface area contributed by atoms with Gasteiger partial charge in [0.05, 0.1) is 7.11 Å². The molecular formula is C23H30AsN5O2. The fraction of sp³-hybridized carbons (Fsp3) is 0.304. The quantitative estimate of drug-likeness (QED) is 0.456. The number of hydrogen-bond acceptors (Lipinski definition) is 4. The fourth-order valence-corrected chi connectivity index (χ4v) is 3.70. The number of amides is 2. The maximum absolute atomic E-state index is 12.9. The van der Waals surface area contributed by atoms with Crippen LogP contribution in [-0.4, -0.2) is 65.7 Å². The van der Waals surface area contributed by atoms with Crippen LogP contribution in [0.5, 0.6) is 5.75 Å². The number of rotatable bonds is 9. The molecule has 8 heteroatoms. The predicted octanol–water partition coefficient (Wildman–Crippen LogP) is 3.63. The SMILES string of the molecule is COc1cccc(CN(C)C(=O)Nc2ccc(-c3cn[nH]c3)cc2N(C)CCC[AsH2])c1. The number of methoxy groups -OCH3 is 1. The zero-order chi connectivity index (χ0) is 22.2. The van der Waals surface area contributed by atoms with Crippen molar-refractivity contribution in [1.29, 1.82) is 0 Å². The van der Waals surface area contributed by atoms with E-state index in [-0.39, 0.29) is 6.03 Å². The first-order chi connectivity index (χ1) is 15.0. The van der Waals surface area contributed by atoms with E-state index in [0.717, 1.165) is 46.8 Å². The Kier molecular flexibility index (Phi) is 8.01. The Bertz CT molecular complexity index is 993. The Morgan fingerprint density at radius 2 is 2.03 bits per heavy atom. The number of nitrogens with zero attached hydrogens (tertiary/aromatic N) is 3. The van der Waals surface area contributed by atoms with Gasteiger partial charge in [0.15, 0.2) is 0 Å². The number of carbonyl (C=O) groups excluding carboxylic acids is 1. The molecule has 0 radical (unpaired) electrons. The summed E-state index contributed by atoms with van der Waals surface area (Å²) in [5.74, 6) is 0.780. The molecule has 7 nitrogen and oxygen atoms in total. The zero-order valence-corrected chi connectivity index (χ0v) is 20.7. The maximum atomic E-state index is 12.9. The number of anilines is 2. The third kappa shape index (κ3) is 6.04. The minimum atomic E-state index is -0.160. The molecule has 0 spiro atoms. The van der Waals surface area contributed by atoms with Gasteiger partial charge in [0, 0.05) is 0 Å². The molecule has 164 valence electrons. The zero-order valence-electron chi connectivity index (χ0n) is 18.3. The topological polar surface area (TPSA) is 73.5 Å². The van der Waals surface area contributed by atoms with Crippen molar-refractivity contribution in [2.24, 2.45) is 0 Å². The monoisotopic (exact) mass is 483 g/mol. The van der Waals surface area contributed by atoms with Gasteiger partial charge in [-0.25, -0.2) is 0 Å². The van der Waals surface area contributed by atoms with E-state index >= 15 is 0 Å². The van der Waals surface area contributed by atoms with Gasteiger partial charge >= 0.3 is 163 Å². The van der Waals surface area contributed by atoms with Crippen molar-refractivity contribution < 1.29 is 9.53 Å². The van der Waals surface area contributed by atoms with Crippen molar-refractivity contribution in [3.63, 3.8) is 0 Å². The Hall–Kier alpha value is -2.92. The van der Waals surface area contributed by atoms with Crippen molar-refractivity contribution in [2.45, 2.75) is 18.2 Å². The first-order valence-electron chi connectivity index (χ1n) is 10.2. The summed E-state index contributed by atoms with van der Waals surface area (Å²) in [7, 11) is 5.49.